The van der Waals surface area contributed by atoms with Gasteiger partial charge < -0.3 is 10.2 Å². The predicted molar refractivity (Wildman–Crippen MR) is 56.9 cm³/mol. The van der Waals surface area contributed by atoms with E-state index in [9.17, 15) is 14.3 Å². The predicted octanol–water partition coefficient (Wildman–Crippen LogP) is 1.72. The van der Waals surface area contributed by atoms with E-state index in [1.54, 1.807) is 6.92 Å². The van der Waals surface area contributed by atoms with Crippen LogP contribution < -0.4 is 0 Å². The van der Waals surface area contributed by atoms with E-state index in [1.165, 1.54) is 29.1 Å². The van der Waals surface area contributed by atoms with Crippen LogP contribution in [0.5, 0.6) is 5.75 Å². The van der Waals surface area contributed by atoms with E-state index in [-0.39, 0.29) is 5.82 Å². The normalized spacial score (nSPS) is 10.5. The minimum Gasteiger partial charge on any atom is -0.504 e. The minimum atomic E-state index is -1.32. The highest BCUT2D eigenvalue weighted by molar-refractivity contribution is 5.88. The van der Waals surface area contributed by atoms with E-state index in [0.717, 1.165) is 0 Å². The molecule has 0 aliphatic carbocycles. The van der Waals surface area contributed by atoms with Gasteiger partial charge in [0.1, 0.15) is 5.82 Å². The first-order valence-corrected chi connectivity index (χ1v) is 4.77. The molecule has 2 rings (SSSR count). The summed E-state index contributed by atoms with van der Waals surface area (Å²) >= 11 is 0. The number of hydrogen-bond donors (Lipinski definition) is 2. The van der Waals surface area contributed by atoms with Gasteiger partial charge in [-0.25, -0.2) is 13.9 Å². The maximum atomic E-state index is 12.9. The zero-order chi connectivity index (χ0) is 12.6. The molecule has 0 radical (unpaired) electrons. The smallest absolute Gasteiger partial charge is 0.360 e. The van der Waals surface area contributed by atoms with E-state index < -0.39 is 17.4 Å². The second kappa shape index (κ2) is 3.89. The van der Waals surface area contributed by atoms with Gasteiger partial charge in [-0.05, 0) is 30.7 Å². The van der Waals surface area contributed by atoms with Gasteiger partial charge in [0.2, 0.25) is 5.69 Å². The number of carboxylic acid groups (broad SMARTS) is 1. The highest BCUT2D eigenvalue weighted by Gasteiger charge is 2.16. The highest BCUT2D eigenvalue weighted by Crippen LogP contribution is 2.20. The van der Waals surface area contributed by atoms with Crippen molar-refractivity contribution in [2.45, 2.75) is 6.92 Å². The molecule has 0 unspecified atom stereocenters. The van der Waals surface area contributed by atoms with Crippen LogP contribution >= 0.6 is 0 Å². The van der Waals surface area contributed by atoms with Gasteiger partial charge in [0, 0.05) is 0 Å². The Balaban J connectivity index is 2.53. The third kappa shape index (κ3) is 1.96. The van der Waals surface area contributed by atoms with Crippen molar-refractivity contribution in [1.82, 2.24) is 9.78 Å². The number of carboxylic acids is 1. The molecule has 0 bridgehead atoms. The third-order valence-corrected chi connectivity index (χ3v) is 2.30. The fourth-order valence-electron chi connectivity index (χ4n) is 1.52. The van der Waals surface area contributed by atoms with Crippen LogP contribution in [-0.4, -0.2) is 26.0 Å². The summed E-state index contributed by atoms with van der Waals surface area (Å²) in [6, 6.07) is 4.00. The lowest BCUT2D eigenvalue weighted by molar-refractivity contribution is 0.0687. The second-order valence-corrected chi connectivity index (χ2v) is 3.54. The largest absolute Gasteiger partial charge is 0.504 e. The van der Waals surface area contributed by atoms with E-state index >= 15 is 0 Å². The van der Waals surface area contributed by atoms with Gasteiger partial charge in [0.15, 0.2) is 5.75 Å². The molecule has 0 fully saturated rings. The number of rotatable bonds is 2. The number of halogens is 1. The lowest BCUT2D eigenvalue weighted by Gasteiger charge is -2.04. The van der Waals surface area contributed by atoms with E-state index in [4.69, 9.17) is 5.11 Å². The van der Waals surface area contributed by atoms with Crippen LogP contribution in [0.4, 0.5) is 4.39 Å². The van der Waals surface area contributed by atoms with Crippen molar-refractivity contribution in [2.75, 3.05) is 0 Å². The lowest BCUT2D eigenvalue weighted by atomic mass is 10.2. The molecule has 6 heteroatoms. The summed E-state index contributed by atoms with van der Waals surface area (Å²) in [5.41, 5.74) is 0.660. The molecule has 2 aromatic rings. The number of carbonyl (C=O) groups is 1. The van der Waals surface area contributed by atoms with Crippen molar-refractivity contribution >= 4 is 5.97 Å². The van der Waals surface area contributed by atoms with Crippen molar-refractivity contribution in [3.63, 3.8) is 0 Å². The van der Waals surface area contributed by atoms with Gasteiger partial charge in [-0.2, -0.15) is 5.10 Å². The van der Waals surface area contributed by atoms with Gasteiger partial charge in [-0.15, -0.1) is 0 Å². The van der Waals surface area contributed by atoms with Crippen LogP contribution in [-0.2, 0) is 0 Å². The van der Waals surface area contributed by atoms with Crippen molar-refractivity contribution in [3.05, 3.63) is 41.5 Å². The zero-order valence-corrected chi connectivity index (χ0v) is 8.88. The number of aromatic nitrogens is 2. The topological polar surface area (TPSA) is 75.4 Å². The summed E-state index contributed by atoms with van der Waals surface area (Å²) in [7, 11) is 0. The first-order valence-electron chi connectivity index (χ1n) is 4.77. The molecule has 88 valence electrons. The summed E-state index contributed by atoms with van der Waals surface area (Å²) < 4.78 is 14.1. The lowest BCUT2D eigenvalue weighted by Crippen LogP contribution is -2.02. The molecule has 0 saturated heterocycles. The van der Waals surface area contributed by atoms with Gasteiger partial charge >= 0.3 is 5.97 Å². The average Bonchev–Trinajstić information content (AvgIpc) is 2.60. The molecule has 0 amide bonds. The number of hydrogen-bond acceptors (Lipinski definition) is 3. The molecular weight excluding hydrogens is 227 g/mol. The Morgan fingerprint density at radius 3 is 2.71 bits per heavy atom. The van der Waals surface area contributed by atoms with Crippen LogP contribution in [0, 0.1) is 12.7 Å². The van der Waals surface area contributed by atoms with Crippen LogP contribution in [0.3, 0.4) is 0 Å². The molecule has 17 heavy (non-hydrogen) atoms. The van der Waals surface area contributed by atoms with Crippen molar-refractivity contribution in [3.8, 4) is 11.4 Å². The SMILES string of the molecule is Cc1cc(F)ccc1-n1cc(O)c(C(=O)O)n1. The van der Waals surface area contributed by atoms with Crippen molar-refractivity contribution in [2.24, 2.45) is 0 Å². The summed E-state index contributed by atoms with van der Waals surface area (Å²) in [5.74, 6) is -2.14. The molecule has 0 aliphatic heterocycles. The van der Waals surface area contributed by atoms with Crippen LogP contribution in [0.1, 0.15) is 16.1 Å². The molecule has 0 aliphatic rings. The quantitative estimate of drug-likeness (QED) is 0.832. The Labute approximate surface area is 95.7 Å². The van der Waals surface area contributed by atoms with Crippen molar-refractivity contribution in [1.29, 1.82) is 0 Å². The zero-order valence-electron chi connectivity index (χ0n) is 8.88. The van der Waals surface area contributed by atoms with E-state index in [0.29, 0.717) is 11.3 Å². The molecule has 0 atom stereocenters. The van der Waals surface area contributed by atoms with Gasteiger partial charge in [0.25, 0.3) is 0 Å². The molecule has 0 spiro atoms. The monoisotopic (exact) mass is 236 g/mol. The summed E-state index contributed by atoms with van der Waals surface area (Å²) in [5, 5.41) is 21.8. The first kappa shape index (κ1) is 11.1. The number of nitrogens with zero attached hydrogens (tertiary/aromatic N) is 2. The first-order chi connectivity index (χ1) is 7.99. The van der Waals surface area contributed by atoms with Gasteiger partial charge in [-0.1, -0.05) is 0 Å². The van der Waals surface area contributed by atoms with Gasteiger partial charge in [0.05, 0.1) is 11.9 Å². The summed E-state index contributed by atoms with van der Waals surface area (Å²) in [6.45, 7) is 1.66. The standard InChI is InChI=1S/C11H9FN2O3/c1-6-4-7(12)2-3-8(6)14-5-9(15)10(13-14)11(16)17/h2-5,15H,1H3,(H,16,17). The minimum absolute atomic E-state index is 0.388. The number of aromatic hydroxyl groups is 1. The Bertz CT molecular complexity index is 592. The van der Waals surface area contributed by atoms with Crippen LogP contribution in [0.2, 0.25) is 0 Å². The Hall–Kier alpha value is -2.37. The molecule has 5 nitrogen and oxygen atoms in total. The molecule has 1 aromatic heterocycles. The number of benzene rings is 1. The van der Waals surface area contributed by atoms with E-state index in [1.807, 2.05) is 0 Å². The molecule has 1 heterocycles. The van der Waals surface area contributed by atoms with E-state index in [2.05, 4.69) is 5.10 Å². The molecular formula is C11H9FN2O3. The third-order valence-electron chi connectivity index (χ3n) is 2.30. The average molecular weight is 236 g/mol. The second-order valence-electron chi connectivity index (χ2n) is 3.54. The summed E-state index contributed by atoms with van der Waals surface area (Å²) in [4.78, 5) is 10.7. The molecule has 1 aromatic carbocycles. The molecule has 2 N–H and O–H groups in total. The Kier molecular flexibility index (Phi) is 2.55. The molecule has 0 saturated carbocycles. The fourth-order valence-corrected chi connectivity index (χ4v) is 1.52. The Morgan fingerprint density at radius 2 is 2.18 bits per heavy atom. The Morgan fingerprint density at radius 1 is 1.47 bits per heavy atom. The summed E-state index contributed by atoms with van der Waals surface area (Å²) in [6.07, 6.45) is 1.17. The highest BCUT2D eigenvalue weighted by atomic mass is 19.1. The number of aromatic carboxylic acids is 1. The van der Waals surface area contributed by atoms with Gasteiger partial charge in [-0.3, -0.25) is 0 Å². The van der Waals surface area contributed by atoms with Crippen molar-refractivity contribution < 1.29 is 19.4 Å². The van der Waals surface area contributed by atoms with Crippen LogP contribution in [0.25, 0.3) is 5.69 Å². The maximum absolute atomic E-state index is 12.9. The fraction of sp³-hybridized carbons (Fsp3) is 0.0909. The number of aryl methyl sites for hydroxylation is 1. The van der Waals surface area contributed by atoms with Crippen LogP contribution in [0.15, 0.2) is 24.4 Å². The maximum Gasteiger partial charge on any atom is 0.360 e.